The van der Waals surface area contributed by atoms with E-state index in [9.17, 15) is 0 Å². The van der Waals surface area contributed by atoms with Gasteiger partial charge in [0, 0.05) is 13.1 Å². The van der Waals surface area contributed by atoms with Crippen molar-refractivity contribution in [1.82, 2.24) is 4.90 Å². The molecule has 1 aliphatic rings. The molecule has 0 amide bonds. The first-order chi connectivity index (χ1) is 8.33. The van der Waals surface area contributed by atoms with Crippen molar-refractivity contribution < 1.29 is 4.74 Å². The molecular weight excluding hydrogens is 212 g/mol. The van der Waals surface area contributed by atoms with Gasteiger partial charge in [-0.25, -0.2) is 0 Å². The van der Waals surface area contributed by atoms with E-state index in [4.69, 9.17) is 10.5 Å². The van der Waals surface area contributed by atoms with Gasteiger partial charge in [0.15, 0.2) is 0 Å². The molecular formula is C14H22N2O. The van der Waals surface area contributed by atoms with Gasteiger partial charge in [-0.05, 0) is 49.5 Å². The second kappa shape index (κ2) is 6.03. The molecule has 0 spiro atoms. The third kappa shape index (κ3) is 3.20. The van der Waals surface area contributed by atoms with Gasteiger partial charge in [-0.3, -0.25) is 0 Å². The van der Waals surface area contributed by atoms with Crippen LogP contribution in [0.3, 0.4) is 0 Å². The van der Waals surface area contributed by atoms with Gasteiger partial charge in [-0.2, -0.15) is 0 Å². The molecule has 1 aromatic rings. The van der Waals surface area contributed by atoms with Crippen LogP contribution in [-0.4, -0.2) is 38.2 Å². The summed E-state index contributed by atoms with van der Waals surface area (Å²) in [5.41, 5.74) is 7.02. The molecule has 1 fully saturated rings. The summed E-state index contributed by atoms with van der Waals surface area (Å²) in [6.45, 7) is 4.16. The van der Waals surface area contributed by atoms with Crippen molar-refractivity contribution in [2.45, 2.75) is 18.8 Å². The van der Waals surface area contributed by atoms with E-state index in [0.29, 0.717) is 5.92 Å². The van der Waals surface area contributed by atoms with E-state index < -0.39 is 0 Å². The van der Waals surface area contributed by atoms with E-state index in [1.54, 1.807) is 7.11 Å². The first-order valence-corrected chi connectivity index (χ1v) is 6.40. The van der Waals surface area contributed by atoms with Crippen LogP contribution in [0, 0.1) is 0 Å². The van der Waals surface area contributed by atoms with Crippen LogP contribution in [0.4, 0.5) is 0 Å². The van der Waals surface area contributed by atoms with Gasteiger partial charge in [0.05, 0.1) is 7.11 Å². The van der Waals surface area contributed by atoms with Crippen LogP contribution in [0.1, 0.15) is 24.3 Å². The molecule has 17 heavy (non-hydrogen) atoms. The second-order valence-electron chi connectivity index (χ2n) is 4.68. The molecule has 0 radical (unpaired) electrons. The molecule has 94 valence electrons. The van der Waals surface area contributed by atoms with Gasteiger partial charge in [0.1, 0.15) is 5.75 Å². The topological polar surface area (TPSA) is 38.5 Å². The average Bonchev–Trinajstić information content (AvgIpc) is 2.40. The molecule has 1 saturated heterocycles. The van der Waals surface area contributed by atoms with Gasteiger partial charge in [-0.1, -0.05) is 12.1 Å². The summed E-state index contributed by atoms with van der Waals surface area (Å²) in [5.74, 6) is 1.64. The van der Waals surface area contributed by atoms with Gasteiger partial charge >= 0.3 is 0 Å². The second-order valence-corrected chi connectivity index (χ2v) is 4.68. The Kier molecular flexibility index (Phi) is 4.40. The summed E-state index contributed by atoms with van der Waals surface area (Å²) in [6, 6.07) is 8.51. The number of ether oxygens (including phenoxy) is 1. The number of piperidine rings is 1. The Balaban J connectivity index is 1.91. The monoisotopic (exact) mass is 234 g/mol. The lowest BCUT2D eigenvalue weighted by Crippen LogP contribution is -2.36. The van der Waals surface area contributed by atoms with Crippen molar-refractivity contribution in [3.8, 4) is 5.75 Å². The highest BCUT2D eigenvalue weighted by molar-refractivity contribution is 5.29. The van der Waals surface area contributed by atoms with Crippen molar-refractivity contribution >= 4 is 0 Å². The molecule has 2 rings (SSSR count). The number of hydrogen-bond acceptors (Lipinski definition) is 3. The van der Waals surface area contributed by atoms with Crippen LogP contribution >= 0.6 is 0 Å². The number of rotatable bonds is 4. The third-order valence-electron chi connectivity index (χ3n) is 3.62. The highest BCUT2D eigenvalue weighted by Gasteiger charge is 2.19. The number of likely N-dealkylation sites (tertiary alicyclic amines) is 1. The largest absolute Gasteiger partial charge is 0.497 e. The Hall–Kier alpha value is -1.06. The highest BCUT2D eigenvalue weighted by Crippen LogP contribution is 2.28. The molecule has 1 aliphatic heterocycles. The minimum absolute atomic E-state index is 0.704. The van der Waals surface area contributed by atoms with Crippen molar-refractivity contribution in [3.05, 3.63) is 29.8 Å². The minimum Gasteiger partial charge on any atom is -0.497 e. The van der Waals surface area contributed by atoms with Crippen molar-refractivity contribution in [1.29, 1.82) is 0 Å². The quantitative estimate of drug-likeness (QED) is 0.864. The highest BCUT2D eigenvalue weighted by atomic mass is 16.5. The fraction of sp³-hybridized carbons (Fsp3) is 0.571. The average molecular weight is 234 g/mol. The van der Waals surface area contributed by atoms with Crippen LogP contribution in [0.15, 0.2) is 24.3 Å². The zero-order chi connectivity index (χ0) is 12.1. The van der Waals surface area contributed by atoms with Crippen LogP contribution in [0.2, 0.25) is 0 Å². The maximum absolute atomic E-state index is 5.58. The number of hydrogen-bond donors (Lipinski definition) is 1. The van der Waals surface area contributed by atoms with Gasteiger partial charge in [0.2, 0.25) is 0 Å². The maximum Gasteiger partial charge on any atom is 0.118 e. The van der Waals surface area contributed by atoms with Crippen LogP contribution < -0.4 is 10.5 Å². The Morgan fingerprint density at radius 3 is 2.41 bits per heavy atom. The molecule has 0 aromatic heterocycles. The van der Waals surface area contributed by atoms with Gasteiger partial charge in [-0.15, -0.1) is 0 Å². The van der Waals surface area contributed by atoms with E-state index in [1.807, 2.05) is 0 Å². The fourth-order valence-corrected chi connectivity index (χ4v) is 2.55. The lowest BCUT2D eigenvalue weighted by molar-refractivity contribution is 0.217. The molecule has 0 aliphatic carbocycles. The molecule has 3 nitrogen and oxygen atoms in total. The zero-order valence-corrected chi connectivity index (χ0v) is 10.6. The van der Waals surface area contributed by atoms with Crippen LogP contribution in [0.25, 0.3) is 0 Å². The summed E-state index contributed by atoms with van der Waals surface area (Å²) >= 11 is 0. The maximum atomic E-state index is 5.58. The predicted octanol–water partition coefficient (Wildman–Crippen LogP) is 1.83. The van der Waals surface area contributed by atoms with Crippen LogP contribution in [0.5, 0.6) is 5.75 Å². The molecule has 1 aromatic carbocycles. The summed E-state index contributed by atoms with van der Waals surface area (Å²) in [5, 5.41) is 0. The normalized spacial score (nSPS) is 18.2. The number of methoxy groups -OCH3 is 1. The molecule has 0 atom stereocenters. The lowest BCUT2D eigenvalue weighted by atomic mass is 9.89. The number of nitrogens with two attached hydrogens (primary N) is 1. The molecule has 0 unspecified atom stereocenters. The minimum atomic E-state index is 0.704. The first kappa shape index (κ1) is 12.4. The van der Waals surface area contributed by atoms with E-state index in [1.165, 1.54) is 31.5 Å². The van der Waals surface area contributed by atoms with Crippen molar-refractivity contribution in [2.24, 2.45) is 5.73 Å². The molecule has 2 N–H and O–H groups in total. The SMILES string of the molecule is COc1ccc(C2CCN(CCN)CC2)cc1. The fourth-order valence-electron chi connectivity index (χ4n) is 2.55. The van der Waals surface area contributed by atoms with E-state index >= 15 is 0 Å². The Morgan fingerprint density at radius 1 is 1.24 bits per heavy atom. The lowest BCUT2D eigenvalue weighted by Gasteiger charge is -2.31. The third-order valence-corrected chi connectivity index (χ3v) is 3.62. The zero-order valence-electron chi connectivity index (χ0n) is 10.6. The van der Waals surface area contributed by atoms with E-state index in [-0.39, 0.29) is 0 Å². The standard InChI is InChI=1S/C14H22N2O/c1-17-14-4-2-12(3-5-14)13-6-9-16(10-7-13)11-8-15/h2-5,13H,6-11,15H2,1H3. The predicted molar refractivity (Wildman–Crippen MR) is 70.5 cm³/mol. The molecule has 0 saturated carbocycles. The summed E-state index contributed by atoms with van der Waals surface area (Å²) in [6.07, 6.45) is 2.48. The van der Waals surface area contributed by atoms with E-state index in [2.05, 4.69) is 29.2 Å². The molecule has 3 heteroatoms. The summed E-state index contributed by atoms with van der Waals surface area (Å²) < 4.78 is 5.18. The van der Waals surface area contributed by atoms with Crippen LogP contribution in [-0.2, 0) is 0 Å². The number of nitrogens with zero attached hydrogens (tertiary/aromatic N) is 1. The Morgan fingerprint density at radius 2 is 1.88 bits per heavy atom. The Bertz CT molecular complexity index is 329. The first-order valence-electron chi connectivity index (χ1n) is 6.40. The Labute approximate surface area is 104 Å². The smallest absolute Gasteiger partial charge is 0.118 e. The molecule has 1 heterocycles. The van der Waals surface area contributed by atoms with Crippen molar-refractivity contribution in [3.63, 3.8) is 0 Å². The van der Waals surface area contributed by atoms with Gasteiger partial charge in [0.25, 0.3) is 0 Å². The summed E-state index contributed by atoms with van der Waals surface area (Å²) in [7, 11) is 1.71. The molecule has 0 bridgehead atoms. The van der Waals surface area contributed by atoms with Crippen molar-refractivity contribution in [2.75, 3.05) is 33.3 Å². The van der Waals surface area contributed by atoms with Gasteiger partial charge < -0.3 is 15.4 Å². The summed E-state index contributed by atoms with van der Waals surface area (Å²) in [4.78, 5) is 2.46. The van der Waals surface area contributed by atoms with E-state index in [0.717, 1.165) is 18.8 Å². The number of benzene rings is 1.